The van der Waals surface area contributed by atoms with Gasteiger partial charge in [-0.2, -0.15) is 0 Å². The average Bonchev–Trinajstić information content (AvgIpc) is 3.03. The first-order chi connectivity index (χ1) is 8.72. The number of aromatic nitrogens is 2. The maximum atomic E-state index is 10.9. The van der Waals surface area contributed by atoms with Crippen molar-refractivity contribution >= 4 is 17.6 Å². The second-order valence-corrected chi connectivity index (χ2v) is 4.95. The van der Waals surface area contributed by atoms with Crippen molar-refractivity contribution in [2.75, 3.05) is 23.3 Å². The predicted octanol–water partition coefficient (Wildman–Crippen LogP) is 0.962. The smallest absolute Gasteiger partial charge is 0.308 e. The highest BCUT2D eigenvalue weighted by atomic mass is 16.4. The van der Waals surface area contributed by atoms with Crippen LogP contribution in [0.1, 0.15) is 19.3 Å². The predicted molar refractivity (Wildman–Crippen MR) is 66.6 cm³/mol. The quantitative estimate of drug-likeness (QED) is 0.826. The van der Waals surface area contributed by atoms with Crippen LogP contribution in [-0.2, 0) is 4.79 Å². The van der Waals surface area contributed by atoms with E-state index in [1.807, 2.05) is 11.0 Å². The first kappa shape index (κ1) is 11.3. The van der Waals surface area contributed by atoms with E-state index in [4.69, 9.17) is 5.11 Å². The van der Waals surface area contributed by atoms with Crippen molar-refractivity contribution < 1.29 is 9.90 Å². The number of carboxylic acids is 1. The molecule has 1 saturated carbocycles. The summed E-state index contributed by atoms with van der Waals surface area (Å²) in [6, 6.07) is 2.46. The van der Waals surface area contributed by atoms with Crippen molar-refractivity contribution in [3.8, 4) is 0 Å². The molecule has 2 N–H and O–H groups in total. The maximum absolute atomic E-state index is 10.9. The van der Waals surface area contributed by atoms with Crippen molar-refractivity contribution in [1.29, 1.82) is 0 Å². The number of carbonyl (C=O) groups is 1. The van der Waals surface area contributed by atoms with Crippen molar-refractivity contribution in [3.63, 3.8) is 0 Å². The van der Waals surface area contributed by atoms with Gasteiger partial charge in [0.15, 0.2) is 0 Å². The zero-order valence-corrected chi connectivity index (χ0v) is 10.0. The summed E-state index contributed by atoms with van der Waals surface area (Å²) in [5, 5.41) is 12.3. The van der Waals surface area contributed by atoms with Crippen LogP contribution in [0, 0.1) is 5.92 Å². The lowest BCUT2D eigenvalue weighted by Crippen LogP contribution is -2.23. The molecule has 1 aliphatic heterocycles. The Bertz CT molecular complexity index is 461. The average molecular weight is 248 g/mol. The molecule has 6 nitrogen and oxygen atoms in total. The van der Waals surface area contributed by atoms with Gasteiger partial charge in [0.2, 0.25) is 0 Å². The summed E-state index contributed by atoms with van der Waals surface area (Å²) in [6.07, 6.45) is 4.62. The lowest BCUT2D eigenvalue weighted by molar-refractivity contribution is -0.140. The van der Waals surface area contributed by atoms with Gasteiger partial charge in [0.1, 0.15) is 18.0 Å². The van der Waals surface area contributed by atoms with Crippen molar-refractivity contribution in [3.05, 3.63) is 12.4 Å². The zero-order valence-electron chi connectivity index (χ0n) is 10.0. The Morgan fingerprint density at radius 3 is 2.89 bits per heavy atom. The van der Waals surface area contributed by atoms with Gasteiger partial charge in [0.25, 0.3) is 0 Å². The van der Waals surface area contributed by atoms with Gasteiger partial charge in [-0.15, -0.1) is 0 Å². The highest BCUT2D eigenvalue weighted by Gasteiger charge is 2.29. The minimum atomic E-state index is -0.720. The second kappa shape index (κ2) is 4.44. The van der Waals surface area contributed by atoms with Gasteiger partial charge in [-0.1, -0.05) is 0 Å². The molecule has 1 aliphatic carbocycles. The fourth-order valence-electron chi connectivity index (χ4n) is 2.21. The zero-order chi connectivity index (χ0) is 12.5. The molecule has 96 valence electrons. The van der Waals surface area contributed by atoms with E-state index in [1.54, 1.807) is 0 Å². The summed E-state index contributed by atoms with van der Waals surface area (Å²) in [5.41, 5.74) is 0. The van der Waals surface area contributed by atoms with Gasteiger partial charge >= 0.3 is 5.97 Å². The topological polar surface area (TPSA) is 78.4 Å². The Balaban J connectivity index is 1.70. The number of carboxylic acid groups (broad SMARTS) is 1. The van der Waals surface area contributed by atoms with Gasteiger partial charge in [0.05, 0.1) is 5.92 Å². The Morgan fingerprint density at radius 2 is 2.22 bits per heavy atom. The van der Waals surface area contributed by atoms with Crippen LogP contribution in [0.25, 0.3) is 0 Å². The SMILES string of the molecule is O=C(O)C1CCN(c2cc(NC3CC3)ncn2)C1. The van der Waals surface area contributed by atoms with Crippen molar-refractivity contribution in [2.45, 2.75) is 25.3 Å². The molecule has 1 aromatic rings. The van der Waals surface area contributed by atoms with Crippen molar-refractivity contribution in [1.82, 2.24) is 9.97 Å². The molecule has 0 bridgehead atoms. The van der Waals surface area contributed by atoms with Gasteiger partial charge in [-0.3, -0.25) is 4.79 Å². The van der Waals surface area contributed by atoms with Crippen molar-refractivity contribution in [2.24, 2.45) is 5.92 Å². The number of aliphatic carboxylic acids is 1. The van der Waals surface area contributed by atoms with Crippen LogP contribution < -0.4 is 10.2 Å². The van der Waals surface area contributed by atoms with E-state index in [0.29, 0.717) is 19.0 Å². The summed E-state index contributed by atoms with van der Waals surface area (Å²) in [4.78, 5) is 21.3. The van der Waals surface area contributed by atoms with E-state index < -0.39 is 5.97 Å². The van der Waals surface area contributed by atoms with Gasteiger partial charge in [-0.25, -0.2) is 9.97 Å². The van der Waals surface area contributed by atoms with E-state index in [9.17, 15) is 4.79 Å². The fraction of sp³-hybridized carbons (Fsp3) is 0.583. The lowest BCUT2D eigenvalue weighted by Gasteiger charge is -2.17. The summed E-state index contributed by atoms with van der Waals surface area (Å²) >= 11 is 0. The van der Waals surface area contributed by atoms with Crippen LogP contribution in [0.15, 0.2) is 12.4 Å². The molecule has 0 aromatic carbocycles. The number of nitrogens with one attached hydrogen (secondary N) is 1. The maximum Gasteiger partial charge on any atom is 0.308 e. The fourth-order valence-corrected chi connectivity index (χ4v) is 2.21. The molecule has 1 saturated heterocycles. The highest BCUT2D eigenvalue weighted by Crippen LogP contribution is 2.26. The molecule has 0 spiro atoms. The molecule has 18 heavy (non-hydrogen) atoms. The van der Waals surface area contributed by atoms with Crippen LogP contribution in [0.3, 0.4) is 0 Å². The second-order valence-electron chi connectivity index (χ2n) is 4.95. The largest absolute Gasteiger partial charge is 0.481 e. The van der Waals surface area contributed by atoms with Crippen LogP contribution in [0.2, 0.25) is 0 Å². The Labute approximate surface area is 105 Å². The monoisotopic (exact) mass is 248 g/mol. The number of hydrogen-bond acceptors (Lipinski definition) is 5. The third-order valence-corrected chi connectivity index (χ3v) is 3.44. The first-order valence-corrected chi connectivity index (χ1v) is 6.29. The molecule has 1 aromatic heterocycles. The molecule has 2 fully saturated rings. The third-order valence-electron chi connectivity index (χ3n) is 3.44. The number of rotatable bonds is 4. The number of anilines is 2. The third kappa shape index (κ3) is 2.37. The Kier molecular flexibility index (Phi) is 2.77. The van der Waals surface area contributed by atoms with E-state index in [2.05, 4.69) is 15.3 Å². The van der Waals surface area contributed by atoms with Gasteiger partial charge in [-0.05, 0) is 19.3 Å². The molecule has 6 heteroatoms. The molecule has 0 amide bonds. The molecule has 0 radical (unpaired) electrons. The summed E-state index contributed by atoms with van der Waals surface area (Å²) in [5.74, 6) is 0.654. The summed E-state index contributed by atoms with van der Waals surface area (Å²) in [6.45, 7) is 1.28. The van der Waals surface area contributed by atoms with Crippen LogP contribution in [0.4, 0.5) is 11.6 Å². The Hall–Kier alpha value is -1.85. The molecule has 2 heterocycles. The standard InChI is InChI=1S/C12H16N4O2/c17-12(18)8-3-4-16(6-8)11-5-10(13-7-14-11)15-9-1-2-9/h5,7-9H,1-4,6H2,(H,17,18)(H,13,14,15). The van der Waals surface area contributed by atoms with E-state index in [1.165, 1.54) is 19.2 Å². The van der Waals surface area contributed by atoms with E-state index in [0.717, 1.165) is 18.2 Å². The summed E-state index contributed by atoms with van der Waals surface area (Å²) < 4.78 is 0. The highest BCUT2D eigenvalue weighted by molar-refractivity contribution is 5.72. The van der Waals surface area contributed by atoms with Gasteiger partial charge in [0, 0.05) is 25.2 Å². The van der Waals surface area contributed by atoms with E-state index in [-0.39, 0.29) is 5.92 Å². The molecular formula is C12H16N4O2. The minimum Gasteiger partial charge on any atom is -0.481 e. The minimum absolute atomic E-state index is 0.278. The van der Waals surface area contributed by atoms with Crippen LogP contribution in [0.5, 0.6) is 0 Å². The summed E-state index contributed by atoms with van der Waals surface area (Å²) in [7, 11) is 0. The van der Waals surface area contributed by atoms with Crippen LogP contribution in [-0.4, -0.2) is 40.2 Å². The molecule has 1 atom stereocenters. The Morgan fingerprint density at radius 1 is 1.39 bits per heavy atom. The normalized spacial score (nSPS) is 23.1. The molecular weight excluding hydrogens is 232 g/mol. The number of hydrogen-bond donors (Lipinski definition) is 2. The number of nitrogens with zero attached hydrogens (tertiary/aromatic N) is 3. The lowest BCUT2D eigenvalue weighted by atomic mass is 10.1. The van der Waals surface area contributed by atoms with Crippen LogP contribution >= 0.6 is 0 Å². The molecule has 2 aliphatic rings. The first-order valence-electron chi connectivity index (χ1n) is 6.29. The molecule has 1 unspecified atom stereocenters. The van der Waals surface area contributed by atoms with E-state index >= 15 is 0 Å². The van der Waals surface area contributed by atoms with Gasteiger partial charge < -0.3 is 15.3 Å². The molecule has 3 rings (SSSR count).